The monoisotopic (exact) mass is 406 g/mol. The standard InChI is InChI=1S/C28H22O3/c1-31-23-12-10-18(11-13-23)28(24-14-19-6-2-4-8-21(19)16-26(24)29)25-15-20-7-3-5-9-22(20)17-27(25)30/h2-17,28-30H,1H3. The minimum Gasteiger partial charge on any atom is -0.508 e. The zero-order valence-corrected chi connectivity index (χ0v) is 17.1. The first-order valence-electron chi connectivity index (χ1n) is 10.2. The molecular formula is C28H22O3. The van der Waals surface area contributed by atoms with Crippen molar-refractivity contribution in [2.75, 3.05) is 7.11 Å². The normalized spacial score (nSPS) is 11.3. The van der Waals surface area contributed by atoms with E-state index >= 15 is 0 Å². The van der Waals surface area contributed by atoms with E-state index in [1.807, 2.05) is 84.9 Å². The predicted octanol–water partition coefficient (Wildman–Crippen LogP) is 6.59. The summed E-state index contributed by atoms with van der Waals surface area (Å²) in [5.41, 5.74) is 2.45. The van der Waals surface area contributed by atoms with Crippen molar-refractivity contribution < 1.29 is 14.9 Å². The molecular weight excluding hydrogens is 384 g/mol. The fourth-order valence-electron chi connectivity index (χ4n) is 4.28. The van der Waals surface area contributed by atoms with Crippen LogP contribution in [0.4, 0.5) is 0 Å². The van der Waals surface area contributed by atoms with E-state index in [4.69, 9.17) is 4.74 Å². The fraction of sp³-hybridized carbons (Fsp3) is 0.0714. The van der Waals surface area contributed by atoms with Crippen LogP contribution in [-0.4, -0.2) is 17.3 Å². The molecule has 0 aromatic heterocycles. The highest BCUT2D eigenvalue weighted by atomic mass is 16.5. The molecule has 31 heavy (non-hydrogen) atoms. The molecule has 0 amide bonds. The summed E-state index contributed by atoms with van der Waals surface area (Å²) in [4.78, 5) is 0. The molecule has 0 saturated carbocycles. The zero-order valence-electron chi connectivity index (χ0n) is 17.1. The maximum Gasteiger partial charge on any atom is 0.120 e. The third kappa shape index (κ3) is 3.44. The van der Waals surface area contributed by atoms with E-state index < -0.39 is 0 Å². The molecule has 3 nitrogen and oxygen atoms in total. The first-order valence-corrected chi connectivity index (χ1v) is 10.2. The molecule has 0 unspecified atom stereocenters. The SMILES string of the molecule is COc1ccc(C(c2cc3ccccc3cc2O)c2cc3ccccc3cc2O)cc1. The van der Waals surface area contributed by atoms with E-state index in [0.29, 0.717) is 0 Å². The van der Waals surface area contributed by atoms with E-state index in [-0.39, 0.29) is 17.4 Å². The number of rotatable bonds is 4. The summed E-state index contributed by atoms with van der Waals surface area (Å²) in [5, 5.41) is 26.0. The lowest BCUT2D eigenvalue weighted by molar-refractivity contribution is 0.414. The Labute approximate surface area is 180 Å². The van der Waals surface area contributed by atoms with Gasteiger partial charge in [0.2, 0.25) is 0 Å². The Hall–Kier alpha value is -3.98. The van der Waals surface area contributed by atoms with Crippen molar-refractivity contribution in [3.63, 3.8) is 0 Å². The van der Waals surface area contributed by atoms with Crippen molar-refractivity contribution in [1.29, 1.82) is 0 Å². The Kier molecular flexibility index (Phi) is 4.72. The Balaban J connectivity index is 1.78. The lowest BCUT2D eigenvalue weighted by Crippen LogP contribution is -2.05. The van der Waals surface area contributed by atoms with Gasteiger partial charge in [-0.25, -0.2) is 0 Å². The zero-order chi connectivity index (χ0) is 21.4. The summed E-state index contributed by atoms with van der Waals surface area (Å²) in [5.74, 6) is 0.812. The molecule has 0 atom stereocenters. The largest absolute Gasteiger partial charge is 0.508 e. The highest BCUT2D eigenvalue weighted by Crippen LogP contribution is 2.43. The molecule has 0 aliphatic heterocycles. The van der Waals surface area contributed by atoms with Crippen LogP contribution >= 0.6 is 0 Å². The second kappa shape index (κ2) is 7.69. The van der Waals surface area contributed by atoms with Crippen molar-refractivity contribution in [2.45, 2.75) is 5.92 Å². The molecule has 0 heterocycles. The third-order valence-electron chi connectivity index (χ3n) is 5.86. The number of hydrogen-bond donors (Lipinski definition) is 2. The van der Waals surface area contributed by atoms with Crippen LogP contribution in [0, 0.1) is 0 Å². The quantitative estimate of drug-likeness (QED) is 0.331. The third-order valence-corrected chi connectivity index (χ3v) is 5.86. The first-order chi connectivity index (χ1) is 15.1. The maximum absolute atomic E-state index is 11.0. The highest BCUT2D eigenvalue weighted by Gasteiger charge is 2.24. The van der Waals surface area contributed by atoms with Crippen LogP contribution in [0.5, 0.6) is 17.2 Å². The molecule has 3 heteroatoms. The number of aromatic hydroxyl groups is 2. The Morgan fingerprint density at radius 2 is 1.00 bits per heavy atom. The minimum absolute atomic E-state index is 0.201. The Bertz CT molecular complexity index is 1300. The average molecular weight is 406 g/mol. The molecule has 5 aromatic carbocycles. The molecule has 5 rings (SSSR count). The van der Waals surface area contributed by atoms with Gasteiger partial charge in [0.05, 0.1) is 7.11 Å². The molecule has 0 aliphatic rings. The smallest absolute Gasteiger partial charge is 0.120 e. The molecule has 0 radical (unpaired) electrons. The van der Waals surface area contributed by atoms with Crippen molar-refractivity contribution in [2.24, 2.45) is 0 Å². The second-order valence-electron chi connectivity index (χ2n) is 7.72. The minimum atomic E-state index is -0.347. The van der Waals surface area contributed by atoms with Gasteiger partial charge in [-0.2, -0.15) is 0 Å². The van der Waals surface area contributed by atoms with Gasteiger partial charge in [-0.3, -0.25) is 0 Å². The van der Waals surface area contributed by atoms with Crippen LogP contribution < -0.4 is 4.74 Å². The number of fused-ring (bicyclic) bond motifs is 2. The van der Waals surface area contributed by atoms with Crippen LogP contribution in [0.25, 0.3) is 21.5 Å². The van der Waals surface area contributed by atoms with E-state index in [0.717, 1.165) is 44.0 Å². The van der Waals surface area contributed by atoms with Crippen molar-refractivity contribution in [3.05, 3.63) is 114 Å². The van der Waals surface area contributed by atoms with Gasteiger partial charge in [-0.05, 0) is 63.5 Å². The second-order valence-corrected chi connectivity index (χ2v) is 7.72. The lowest BCUT2D eigenvalue weighted by atomic mass is 9.82. The number of hydrogen-bond acceptors (Lipinski definition) is 3. The Morgan fingerprint density at radius 3 is 1.42 bits per heavy atom. The van der Waals surface area contributed by atoms with Crippen molar-refractivity contribution in [1.82, 2.24) is 0 Å². The highest BCUT2D eigenvalue weighted by molar-refractivity contribution is 5.87. The summed E-state index contributed by atoms with van der Waals surface area (Å²) in [6.07, 6.45) is 0. The summed E-state index contributed by atoms with van der Waals surface area (Å²) in [6, 6.07) is 31.3. The van der Waals surface area contributed by atoms with Crippen molar-refractivity contribution in [3.8, 4) is 17.2 Å². The fourth-order valence-corrected chi connectivity index (χ4v) is 4.28. The van der Waals surface area contributed by atoms with Crippen molar-refractivity contribution >= 4 is 21.5 Å². The van der Waals surface area contributed by atoms with Crippen LogP contribution in [0.1, 0.15) is 22.6 Å². The van der Waals surface area contributed by atoms with E-state index in [2.05, 4.69) is 0 Å². The average Bonchev–Trinajstić information content (AvgIpc) is 2.80. The molecule has 2 N–H and O–H groups in total. The molecule has 0 aliphatic carbocycles. The van der Waals surface area contributed by atoms with E-state index in [9.17, 15) is 10.2 Å². The van der Waals surface area contributed by atoms with Gasteiger partial charge in [-0.1, -0.05) is 60.7 Å². The molecule has 0 saturated heterocycles. The van der Waals surface area contributed by atoms with E-state index in [1.54, 1.807) is 19.2 Å². The van der Waals surface area contributed by atoms with Gasteiger partial charge in [0.25, 0.3) is 0 Å². The van der Waals surface area contributed by atoms with Gasteiger partial charge in [-0.15, -0.1) is 0 Å². The molecule has 5 aromatic rings. The van der Waals surface area contributed by atoms with Crippen LogP contribution in [0.3, 0.4) is 0 Å². The van der Waals surface area contributed by atoms with Gasteiger partial charge in [0.1, 0.15) is 17.2 Å². The summed E-state index contributed by atoms with van der Waals surface area (Å²) >= 11 is 0. The van der Waals surface area contributed by atoms with Crippen LogP contribution in [0.15, 0.2) is 97.1 Å². The van der Waals surface area contributed by atoms with Crippen LogP contribution in [0.2, 0.25) is 0 Å². The Morgan fingerprint density at radius 1 is 0.581 bits per heavy atom. The summed E-state index contributed by atoms with van der Waals surface area (Å²) < 4.78 is 5.32. The molecule has 0 fully saturated rings. The lowest BCUT2D eigenvalue weighted by Gasteiger charge is -2.22. The molecule has 0 spiro atoms. The maximum atomic E-state index is 11.0. The van der Waals surface area contributed by atoms with Gasteiger partial charge >= 0.3 is 0 Å². The predicted molar refractivity (Wildman–Crippen MR) is 125 cm³/mol. The van der Waals surface area contributed by atoms with Gasteiger partial charge in [0.15, 0.2) is 0 Å². The van der Waals surface area contributed by atoms with E-state index in [1.165, 1.54) is 0 Å². The number of methoxy groups -OCH3 is 1. The number of ether oxygens (including phenoxy) is 1. The van der Waals surface area contributed by atoms with Crippen LogP contribution in [-0.2, 0) is 0 Å². The number of phenols is 2. The molecule has 0 bridgehead atoms. The first kappa shape index (κ1) is 19.0. The summed E-state index contributed by atoms with van der Waals surface area (Å²) in [6.45, 7) is 0. The van der Waals surface area contributed by atoms with Gasteiger partial charge < -0.3 is 14.9 Å². The van der Waals surface area contributed by atoms with Gasteiger partial charge in [0, 0.05) is 17.0 Å². The number of phenolic OH excluding ortho intramolecular Hbond substituents is 2. The topological polar surface area (TPSA) is 49.7 Å². The molecule has 152 valence electrons. The number of benzene rings is 5. The summed E-state index contributed by atoms with van der Waals surface area (Å²) in [7, 11) is 1.64.